The van der Waals surface area contributed by atoms with E-state index in [4.69, 9.17) is 20.9 Å². The third-order valence-electron chi connectivity index (χ3n) is 6.67. The fourth-order valence-electron chi connectivity index (χ4n) is 5.10. The average Bonchev–Trinajstić information content (AvgIpc) is 3.58. The Bertz CT molecular complexity index is 3050. The van der Waals surface area contributed by atoms with E-state index in [0.29, 0.717) is 21.9 Å². The first-order chi connectivity index (χ1) is 26.4. The Morgan fingerprint density at radius 1 is 0.436 bits per heavy atom. The van der Waals surface area contributed by atoms with Gasteiger partial charge in [-0.3, -0.25) is 0 Å². The minimum Gasteiger partial charge on any atom is -0.456 e. The molecule has 7 aromatic carbocycles. The molecule has 0 amide bonds. The Kier molecular flexibility index (Phi) is 2.44. The highest BCUT2D eigenvalue weighted by Crippen LogP contribution is 2.47. The van der Waals surface area contributed by atoms with E-state index in [1.165, 1.54) is 0 Å². The molecule has 0 spiro atoms. The zero-order chi connectivity index (χ0) is 40.6. The van der Waals surface area contributed by atoms with E-state index in [9.17, 15) is 6.85 Å². The van der Waals surface area contributed by atoms with Gasteiger partial charge in [-0.15, -0.1) is 0 Å². The maximum Gasteiger partial charge on any atom is 0.136 e. The van der Waals surface area contributed by atoms with Crippen LogP contribution < -0.4 is 0 Å². The van der Waals surface area contributed by atoms with E-state index in [-0.39, 0.29) is 27.3 Å². The molecule has 0 bridgehead atoms. The Hall–Kier alpha value is -5.14. The first-order valence-electron chi connectivity index (χ1n) is 20.5. The first-order valence-corrected chi connectivity index (χ1v) is 12.0. The van der Waals surface area contributed by atoms with Gasteiger partial charge < -0.3 is 4.42 Å². The fraction of sp³-hybridized carbons (Fsp3) is 0. The molecule has 1 heterocycles. The van der Waals surface area contributed by atoms with Gasteiger partial charge in [-0.25, -0.2) is 0 Å². The summed E-state index contributed by atoms with van der Waals surface area (Å²) in [5.74, 6) is 0. The van der Waals surface area contributed by atoms with Crippen LogP contribution in [-0.4, -0.2) is 0 Å². The van der Waals surface area contributed by atoms with Gasteiger partial charge in [0.05, 0.1) is 23.3 Å². The maximum absolute atomic E-state index is 9.80. The monoisotopic (exact) mass is 513 g/mol. The minimum absolute atomic E-state index is 0.0603. The van der Waals surface area contributed by atoms with Crippen LogP contribution in [0.3, 0.4) is 0 Å². The Balaban J connectivity index is 1.79. The molecule has 0 aliphatic heterocycles. The zero-order valence-electron chi connectivity index (χ0n) is 36.9. The normalized spacial score (nSPS) is 17.7. The number of benzene rings is 7. The lowest BCUT2D eigenvalue weighted by atomic mass is 9.84. The Morgan fingerprint density at radius 2 is 1.08 bits per heavy atom. The van der Waals surface area contributed by atoms with Gasteiger partial charge >= 0.3 is 0 Å². The fourth-order valence-corrected chi connectivity index (χ4v) is 5.10. The minimum atomic E-state index is -0.803. The van der Waals surface area contributed by atoms with Gasteiger partial charge in [-0.2, -0.15) is 0 Å². The summed E-state index contributed by atoms with van der Waals surface area (Å²) in [7, 11) is 0. The molecule has 8 rings (SSSR count). The van der Waals surface area contributed by atoms with Crippen molar-refractivity contribution in [2.75, 3.05) is 0 Å². The summed E-state index contributed by atoms with van der Waals surface area (Å²) >= 11 is 0. The number of para-hydroxylation sites is 1. The molecule has 8 aromatic rings. The van der Waals surface area contributed by atoms with E-state index >= 15 is 0 Å². The topological polar surface area (TPSA) is 13.1 Å². The lowest BCUT2D eigenvalue weighted by Crippen LogP contribution is -1.92. The van der Waals surface area contributed by atoms with Crippen LogP contribution in [0.5, 0.6) is 0 Å². The van der Waals surface area contributed by atoms with Crippen molar-refractivity contribution in [1.82, 2.24) is 0 Å². The lowest BCUT2D eigenvalue weighted by Gasteiger charge is -2.19. The Morgan fingerprint density at radius 3 is 1.87 bits per heavy atom. The van der Waals surface area contributed by atoms with E-state index in [1.54, 1.807) is 42.5 Å². The quantitative estimate of drug-likeness (QED) is 0.214. The van der Waals surface area contributed by atoms with Crippen LogP contribution in [0.4, 0.5) is 0 Å². The second kappa shape index (κ2) is 8.72. The van der Waals surface area contributed by atoms with Crippen molar-refractivity contribution in [3.63, 3.8) is 0 Å². The molecule has 0 unspecified atom stereocenters. The smallest absolute Gasteiger partial charge is 0.136 e. The summed E-state index contributed by atoms with van der Waals surface area (Å²) < 4.78 is 157. The number of rotatable bonds is 3. The van der Waals surface area contributed by atoms with Crippen LogP contribution in [0.25, 0.3) is 76.9 Å². The number of furan rings is 1. The van der Waals surface area contributed by atoms with E-state index in [2.05, 4.69) is 0 Å². The third kappa shape index (κ3) is 3.41. The summed E-state index contributed by atoms with van der Waals surface area (Å²) in [5.41, 5.74) is -1.25. The summed E-state index contributed by atoms with van der Waals surface area (Å²) in [6.45, 7) is 0. The van der Waals surface area contributed by atoms with Gasteiger partial charge in [-0.1, -0.05) is 127 Å². The molecular formula is C38H24O. The molecule has 0 aliphatic carbocycles. The largest absolute Gasteiger partial charge is 0.456 e. The highest BCUT2D eigenvalue weighted by molar-refractivity contribution is 6.26. The van der Waals surface area contributed by atoms with Crippen molar-refractivity contribution < 1.29 is 27.7 Å². The second-order valence-corrected chi connectivity index (χ2v) is 8.78. The molecule has 0 saturated heterocycles. The van der Waals surface area contributed by atoms with Crippen LogP contribution in [0, 0.1) is 0 Å². The molecule has 0 N–H and O–H groups in total. The van der Waals surface area contributed by atoms with Crippen molar-refractivity contribution >= 4 is 43.5 Å². The average molecular weight is 514 g/mol. The first kappa shape index (κ1) is 10.9. The number of hydrogen-bond donors (Lipinski definition) is 0. The molecule has 182 valence electrons. The van der Waals surface area contributed by atoms with E-state index in [0.717, 1.165) is 0 Å². The highest BCUT2D eigenvalue weighted by atomic mass is 16.3. The van der Waals surface area contributed by atoms with Crippen LogP contribution in [0.1, 0.15) is 23.3 Å². The Labute approximate surface area is 250 Å². The van der Waals surface area contributed by atoms with Crippen molar-refractivity contribution in [1.29, 1.82) is 0 Å². The SMILES string of the molecule is [2H]c1c([2H])c([2H])c(-c2c([2H])c([2H])c3c(-c4cccc5oc6ccccc6c45)c4c([2H])c([2H])c([2H])c([2H])c4c(-c4c([2H])c([2H])c([2H])c([2H])c4[2H])c3c2[2H])c([2H])c1[2H]. The summed E-state index contributed by atoms with van der Waals surface area (Å²) in [6.07, 6.45) is 0. The van der Waals surface area contributed by atoms with Gasteiger partial charge in [0.15, 0.2) is 0 Å². The molecule has 39 heavy (non-hydrogen) atoms. The van der Waals surface area contributed by atoms with Gasteiger partial charge in [0.2, 0.25) is 0 Å². The number of fused-ring (bicyclic) bond motifs is 5. The van der Waals surface area contributed by atoms with Crippen molar-refractivity contribution in [3.8, 4) is 33.4 Å². The molecule has 0 atom stereocenters. The van der Waals surface area contributed by atoms with Crippen LogP contribution in [-0.2, 0) is 0 Å². The predicted molar refractivity (Wildman–Crippen MR) is 165 cm³/mol. The van der Waals surface area contributed by atoms with E-state index < -0.39 is 130 Å². The van der Waals surface area contributed by atoms with Crippen molar-refractivity contribution in [2.24, 2.45) is 0 Å². The number of hydrogen-bond acceptors (Lipinski definition) is 1. The van der Waals surface area contributed by atoms with Crippen molar-refractivity contribution in [2.45, 2.75) is 0 Å². The standard InChI is InChI=1S/C38H24O/c1-3-12-25(13-4-1)27-22-23-30-33(24-27)36(26-14-5-2-6-15-26)28-16-7-8-17-29(28)37(30)32-19-11-21-35-38(32)31-18-9-10-20-34(31)39-35/h1-24H/i1D,2D,3D,4D,5D,6D,7D,8D,12D,13D,14D,15D,16D,17D,22D,23D,24D. The molecule has 0 saturated carbocycles. The molecule has 1 heteroatoms. The maximum atomic E-state index is 9.80. The van der Waals surface area contributed by atoms with Crippen molar-refractivity contribution in [3.05, 3.63) is 145 Å². The van der Waals surface area contributed by atoms with Crippen LogP contribution in [0.2, 0.25) is 0 Å². The molecular weight excluding hydrogens is 472 g/mol. The summed E-state index contributed by atoms with van der Waals surface area (Å²) in [6, 6.07) is -1.000. The molecule has 1 aromatic heterocycles. The van der Waals surface area contributed by atoms with Gasteiger partial charge in [0.25, 0.3) is 0 Å². The zero-order valence-corrected chi connectivity index (χ0v) is 19.9. The van der Waals surface area contributed by atoms with Crippen LogP contribution in [0.15, 0.2) is 150 Å². The summed E-state index contributed by atoms with van der Waals surface area (Å²) in [5, 5.41) is -0.294. The third-order valence-corrected chi connectivity index (χ3v) is 6.67. The lowest BCUT2D eigenvalue weighted by molar-refractivity contribution is 0.669. The molecule has 1 nitrogen and oxygen atoms in total. The molecule has 0 aliphatic rings. The highest BCUT2D eigenvalue weighted by Gasteiger charge is 2.20. The predicted octanol–water partition coefficient (Wildman–Crippen LogP) is 10.9. The van der Waals surface area contributed by atoms with Crippen LogP contribution >= 0.6 is 0 Å². The second-order valence-electron chi connectivity index (χ2n) is 8.78. The van der Waals surface area contributed by atoms with E-state index in [1.807, 2.05) is 0 Å². The van der Waals surface area contributed by atoms with Gasteiger partial charge in [-0.05, 0) is 73.1 Å². The summed E-state index contributed by atoms with van der Waals surface area (Å²) in [4.78, 5) is 0. The van der Waals surface area contributed by atoms with Gasteiger partial charge in [0, 0.05) is 10.8 Å². The van der Waals surface area contributed by atoms with Gasteiger partial charge in [0.1, 0.15) is 11.2 Å². The molecule has 0 fully saturated rings. The molecule has 0 radical (unpaired) electrons.